The summed E-state index contributed by atoms with van der Waals surface area (Å²) in [7, 11) is 3.33. The molecule has 0 bridgehead atoms. The van der Waals surface area contributed by atoms with Gasteiger partial charge in [0.1, 0.15) is 23.1 Å². The lowest BCUT2D eigenvalue weighted by atomic mass is 10.1. The number of rotatable bonds is 6. The Morgan fingerprint density at radius 3 is 2.31 bits per heavy atom. The Hall–Kier alpha value is -3.08. The summed E-state index contributed by atoms with van der Waals surface area (Å²) in [6.07, 6.45) is 0. The van der Waals surface area contributed by atoms with E-state index < -0.39 is 0 Å². The molecule has 0 aliphatic rings. The number of nitrogens with one attached hydrogen (secondary N) is 1. The first kappa shape index (κ1) is 17.7. The van der Waals surface area contributed by atoms with Gasteiger partial charge in [-0.05, 0) is 43.7 Å². The molecule has 134 valence electrons. The van der Waals surface area contributed by atoms with Crippen molar-refractivity contribution in [2.75, 3.05) is 19.5 Å². The number of anilines is 1. The standard InChI is InChI=1S/C21H23N3O2/c1-14(16-8-10-18(25-3)11-9-16)22-21-13-20(23-15(2)24-21)17-6-5-7-19(12-17)26-4/h5-14H,1-4H3,(H,22,23,24)/t14-/m1/s1. The van der Waals surface area contributed by atoms with Crippen LogP contribution in [0.25, 0.3) is 11.3 Å². The highest BCUT2D eigenvalue weighted by molar-refractivity contribution is 5.64. The Kier molecular flexibility index (Phi) is 5.37. The molecule has 0 aliphatic heterocycles. The lowest BCUT2D eigenvalue weighted by Gasteiger charge is -2.16. The van der Waals surface area contributed by atoms with Gasteiger partial charge in [-0.2, -0.15) is 0 Å². The van der Waals surface area contributed by atoms with Crippen molar-refractivity contribution in [3.8, 4) is 22.8 Å². The number of methoxy groups -OCH3 is 2. The monoisotopic (exact) mass is 349 g/mol. The van der Waals surface area contributed by atoms with Gasteiger partial charge in [-0.15, -0.1) is 0 Å². The van der Waals surface area contributed by atoms with Crippen LogP contribution in [0.4, 0.5) is 5.82 Å². The smallest absolute Gasteiger partial charge is 0.130 e. The van der Waals surface area contributed by atoms with E-state index in [9.17, 15) is 0 Å². The topological polar surface area (TPSA) is 56.3 Å². The summed E-state index contributed by atoms with van der Waals surface area (Å²) in [6.45, 7) is 4.00. The summed E-state index contributed by atoms with van der Waals surface area (Å²) < 4.78 is 10.5. The number of aryl methyl sites for hydroxylation is 1. The summed E-state index contributed by atoms with van der Waals surface area (Å²) in [5.74, 6) is 3.16. The average Bonchev–Trinajstić information content (AvgIpc) is 2.67. The third-order valence-corrected chi connectivity index (χ3v) is 4.18. The van der Waals surface area contributed by atoms with Crippen molar-refractivity contribution in [2.24, 2.45) is 0 Å². The molecule has 3 rings (SSSR count). The van der Waals surface area contributed by atoms with Crippen LogP contribution in [0.3, 0.4) is 0 Å². The fraction of sp³-hybridized carbons (Fsp3) is 0.238. The van der Waals surface area contributed by atoms with E-state index in [2.05, 4.69) is 22.2 Å². The zero-order valence-corrected chi connectivity index (χ0v) is 15.5. The van der Waals surface area contributed by atoms with Gasteiger partial charge in [0.05, 0.1) is 19.9 Å². The first-order valence-electron chi connectivity index (χ1n) is 8.49. The van der Waals surface area contributed by atoms with Crippen LogP contribution in [-0.4, -0.2) is 24.2 Å². The van der Waals surface area contributed by atoms with Crippen LogP contribution in [0.15, 0.2) is 54.6 Å². The van der Waals surface area contributed by atoms with Gasteiger partial charge < -0.3 is 14.8 Å². The van der Waals surface area contributed by atoms with E-state index >= 15 is 0 Å². The van der Waals surface area contributed by atoms with E-state index in [0.717, 1.165) is 40.0 Å². The molecule has 26 heavy (non-hydrogen) atoms. The SMILES string of the molecule is COc1ccc([C@@H](C)Nc2cc(-c3cccc(OC)c3)nc(C)n2)cc1. The Labute approximate surface area is 154 Å². The molecular formula is C21H23N3O2. The first-order chi connectivity index (χ1) is 12.6. The van der Waals surface area contributed by atoms with E-state index in [-0.39, 0.29) is 6.04 Å². The lowest BCUT2D eigenvalue weighted by Crippen LogP contribution is -2.09. The zero-order valence-electron chi connectivity index (χ0n) is 15.5. The van der Waals surface area contributed by atoms with Crippen molar-refractivity contribution in [1.29, 1.82) is 0 Å². The first-order valence-corrected chi connectivity index (χ1v) is 8.49. The molecule has 0 fully saturated rings. The second-order valence-corrected chi connectivity index (χ2v) is 6.06. The molecule has 1 aromatic heterocycles. The maximum atomic E-state index is 5.31. The van der Waals surface area contributed by atoms with E-state index in [1.807, 2.05) is 61.5 Å². The predicted molar refractivity (Wildman–Crippen MR) is 104 cm³/mol. The molecule has 0 unspecified atom stereocenters. The van der Waals surface area contributed by atoms with Crippen LogP contribution >= 0.6 is 0 Å². The minimum atomic E-state index is 0.105. The molecule has 1 N–H and O–H groups in total. The van der Waals surface area contributed by atoms with Crippen LogP contribution in [0.5, 0.6) is 11.5 Å². The van der Waals surface area contributed by atoms with E-state index in [1.54, 1.807) is 14.2 Å². The Bertz CT molecular complexity index is 879. The largest absolute Gasteiger partial charge is 0.497 e. The summed E-state index contributed by atoms with van der Waals surface area (Å²) in [5.41, 5.74) is 3.01. The fourth-order valence-corrected chi connectivity index (χ4v) is 2.77. The highest BCUT2D eigenvalue weighted by atomic mass is 16.5. The third-order valence-electron chi connectivity index (χ3n) is 4.18. The summed E-state index contributed by atoms with van der Waals surface area (Å²) >= 11 is 0. The van der Waals surface area contributed by atoms with Crippen molar-refractivity contribution in [1.82, 2.24) is 9.97 Å². The molecule has 0 radical (unpaired) electrons. The second kappa shape index (κ2) is 7.87. The van der Waals surface area contributed by atoms with Crippen molar-refractivity contribution in [3.05, 3.63) is 66.0 Å². The number of hydrogen-bond donors (Lipinski definition) is 1. The Morgan fingerprint density at radius 1 is 0.885 bits per heavy atom. The molecule has 0 amide bonds. The molecule has 5 nitrogen and oxygen atoms in total. The lowest BCUT2D eigenvalue weighted by molar-refractivity contribution is 0.414. The fourth-order valence-electron chi connectivity index (χ4n) is 2.77. The van der Waals surface area contributed by atoms with E-state index in [0.29, 0.717) is 0 Å². The Morgan fingerprint density at radius 2 is 1.62 bits per heavy atom. The van der Waals surface area contributed by atoms with Crippen LogP contribution in [-0.2, 0) is 0 Å². The molecule has 1 atom stereocenters. The quantitative estimate of drug-likeness (QED) is 0.702. The van der Waals surface area contributed by atoms with Gasteiger partial charge in [0, 0.05) is 17.7 Å². The van der Waals surface area contributed by atoms with E-state index in [4.69, 9.17) is 9.47 Å². The van der Waals surface area contributed by atoms with Gasteiger partial charge in [0.15, 0.2) is 0 Å². The molecule has 3 aromatic rings. The number of benzene rings is 2. The summed E-state index contributed by atoms with van der Waals surface area (Å²) in [6, 6.07) is 17.9. The average molecular weight is 349 g/mol. The molecule has 0 saturated carbocycles. The minimum absolute atomic E-state index is 0.105. The van der Waals surface area contributed by atoms with Gasteiger partial charge in [0.25, 0.3) is 0 Å². The molecule has 2 aromatic carbocycles. The number of ether oxygens (including phenoxy) is 2. The molecular weight excluding hydrogens is 326 g/mol. The maximum Gasteiger partial charge on any atom is 0.130 e. The second-order valence-electron chi connectivity index (χ2n) is 6.06. The van der Waals surface area contributed by atoms with Crippen molar-refractivity contribution < 1.29 is 9.47 Å². The van der Waals surface area contributed by atoms with E-state index in [1.165, 1.54) is 0 Å². The number of nitrogens with zero attached hydrogens (tertiary/aromatic N) is 2. The highest BCUT2D eigenvalue weighted by Crippen LogP contribution is 2.26. The van der Waals surface area contributed by atoms with Gasteiger partial charge in [-0.25, -0.2) is 9.97 Å². The van der Waals surface area contributed by atoms with Crippen LogP contribution in [0.1, 0.15) is 24.4 Å². The van der Waals surface area contributed by atoms with Gasteiger partial charge >= 0.3 is 0 Å². The molecule has 0 saturated heterocycles. The maximum absolute atomic E-state index is 5.31. The molecule has 0 spiro atoms. The van der Waals surface area contributed by atoms with Gasteiger partial charge in [-0.3, -0.25) is 0 Å². The van der Waals surface area contributed by atoms with Crippen molar-refractivity contribution >= 4 is 5.82 Å². The van der Waals surface area contributed by atoms with Gasteiger partial charge in [0.2, 0.25) is 0 Å². The molecule has 1 heterocycles. The normalized spacial score (nSPS) is 11.7. The van der Waals surface area contributed by atoms with Crippen LogP contribution in [0, 0.1) is 6.92 Å². The van der Waals surface area contributed by atoms with Gasteiger partial charge in [-0.1, -0.05) is 24.3 Å². The van der Waals surface area contributed by atoms with Crippen molar-refractivity contribution in [3.63, 3.8) is 0 Å². The summed E-state index contributed by atoms with van der Waals surface area (Å²) in [4.78, 5) is 9.08. The van der Waals surface area contributed by atoms with Crippen molar-refractivity contribution in [2.45, 2.75) is 19.9 Å². The zero-order chi connectivity index (χ0) is 18.5. The molecule has 5 heteroatoms. The summed E-state index contributed by atoms with van der Waals surface area (Å²) in [5, 5.41) is 3.45. The Balaban J connectivity index is 1.84. The number of hydrogen-bond acceptors (Lipinski definition) is 5. The highest BCUT2D eigenvalue weighted by Gasteiger charge is 2.10. The van der Waals surface area contributed by atoms with Crippen LogP contribution < -0.4 is 14.8 Å². The third kappa shape index (κ3) is 4.11. The molecule has 0 aliphatic carbocycles. The number of aromatic nitrogens is 2. The predicted octanol–water partition coefficient (Wildman–Crippen LogP) is 4.64. The minimum Gasteiger partial charge on any atom is -0.497 e. The van der Waals surface area contributed by atoms with Crippen LogP contribution in [0.2, 0.25) is 0 Å².